The van der Waals surface area contributed by atoms with E-state index in [0.29, 0.717) is 23.0 Å². The third-order valence-corrected chi connectivity index (χ3v) is 4.14. The first-order chi connectivity index (χ1) is 9.55. The molecule has 0 saturated carbocycles. The molecule has 4 heteroatoms. The van der Waals surface area contributed by atoms with Crippen molar-refractivity contribution < 1.29 is 5.11 Å². The van der Waals surface area contributed by atoms with E-state index in [1.54, 1.807) is 12.1 Å². The second kappa shape index (κ2) is 6.49. The quantitative estimate of drug-likeness (QED) is 0.839. The van der Waals surface area contributed by atoms with Crippen LogP contribution in [0.25, 0.3) is 0 Å². The summed E-state index contributed by atoms with van der Waals surface area (Å²) in [5, 5.41) is 15.0. The molecule has 0 saturated heterocycles. The van der Waals surface area contributed by atoms with Gasteiger partial charge in [0.1, 0.15) is 5.60 Å². The Kier molecular flexibility index (Phi) is 4.92. The number of anilines is 1. The van der Waals surface area contributed by atoms with Gasteiger partial charge in [-0.1, -0.05) is 54.4 Å². The molecule has 0 amide bonds. The van der Waals surface area contributed by atoms with Crippen LogP contribution in [0.2, 0.25) is 10.0 Å². The second-order valence-electron chi connectivity index (χ2n) is 4.73. The first kappa shape index (κ1) is 15.2. The average Bonchev–Trinajstić information content (AvgIpc) is 2.48. The van der Waals surface area contributed by atoms with E-state index < -0.39 is 5.60 Å². The summed E-state index contributed by atoms with van der Waals surface area (Å²) in [4.78, 5) is 0. The highest BCUT2D eigenvalue weighted by Crippen LogP contribution is 2.31. The van der Waals surface area contributed by atoms with Crippen LogP contribution in [0.1, 0.15) is 18.9 Å². The van der Waals surface area contributed by atoms with E-state index in [9.17, 15) is 5.11 Å². The maximum Gasteiger partial charge on any atom is 0.107 e. The molecule has 1 atom stereocenters. The van der Waals surface area contributed by atoms with Gasteiger partial charge in [-0.2, -0.15) is 0 Å². The van der Waals surface area contributed by atoms with Crippen LogP contribution in [0.3, 0.4) is 0 Å². The van der Waals surface area contributed by atoms with Gasteiger partial charge in [-0.15, -0.1) is 0 Å². The summed E-state index contributed by atoms with van der Waals surface area (Å²) in [5.74, 6) is 0. The van der Waals surface area contributed by atoms with Crippen LogP contribution in [0.4, 0.5) is 5.69 Å². The lowest BCUT2D eigenvalue weighted by atomic mass is 9.91. The molecule has 2 N–H and O–H groups in total. The highest BCUT2D eigenvalue weighted by atomic mass is 35.5. The molecule has 0 radical (unpaired) electrons. The zero-order valence-electron chi connectivity index (χ0n) is 11.2. The molecule has 2 nitrogen and oxygen atoms in total. The summed E-state index contributed by atoms with van der Waals surface area (Å²) in [6, 6.07) is 15.0. The van der Waals surface area contributed by atoms with E-state index in [-0.39, 0.29) is 0 Å². The van der Waals surface area contributed by atoms with Crippen LogP contribution in [0.5, 0.6) is 0 Å². The standard InChI is InChI=1S/C16H17Cl2NO/c1-2-16(20,11-19-13-6-4-3-5-7-13)12-8-9-14(17)15(18)10-12/h3-10,19-20H,2,11H2,1H3. The third kappa shape index (κ3) is 3.45. The summed E-state index contributed by atoms with van der Waals surface area (Å²) in [6.45, 7) is 2.35. The Bertz CT molecular complexity index is 574. The maximum atomic E-state index is 10.8. The van der Waals surface area contributed by atoms with E-state index >= 15 is 0 Å². The van der Waals surface area contributed by atoms with Gasteiger partial charge in [-0.25, -0.2) is 0 Å². The molecular formula is C16H17Cl2NO. The fourth-order valence-corrected chi connectivity index (χ4v) is 2.32. The summed E-state index contributed by atoms with van der Waals surface area (Å²) in [5.41, 5.74) is 0.752. The molecule has 0 aliphatic carbocycles. The van der Waals surface area contributed by atoms with Crippen molar-refractivity contribution in [3.05, 3.63) is 64.1 Å². The molecule has 0 aromatic heterocycles. The van der Waals surface area contributed by atoms with Crippen molar-refractivity contribution in [3.63, 3.8) is 0 Å². The molecule has 2 aromatic carbocycles. The first-order valence-electron chi connectivity index (χ1n) is 6.52. The van der Waals surface area contributed by atoms with Crippen LogP contribution < -0.4 is 5.32 Å². The Labute approximate surface area is 129 Å². The van der Waals surface area contributed by atoms with Crippen molar-refractivity contribution in [1.29, 1.82) is 0 Å². The number of hydrogen-bond acceptors (Lipinski definition) is 2. The maximum absolute atomic E-state index is 10.8. The van der Waals surface area contributed by atoms with Crippen molar-refractivity contribution in [2.75, 3.05) is 11.9 Å². The zero-order chi connectivity index (χ0) is 14.6. The van der Waals surface area contributed by atoms with Crippen LogP contribution in [-0.4, -0.2) is 11.7 Å². The van der Waals surface area contributed by atoms with Gasteiger partial charge in [0.05, 0.1) is 10.0 Å². The number of aliphatic hydroxyl groups is 1. The molecular weight excluding hydrogens is 293 g/mol. The van der Waals surface area contributed by atoms with Gasteiger partial charge in [-0.3, -0.25) is 0 Å². The molecule has 0 spiro atoms. The van der Waals surface area contributed by atoms with Crippen molar-refractivity contribution >= 4 is 28.9 Å². The summed E-state index contributed by atoms with van der Waals surface area (Å²) < 4.78 is 0. The van der Waals surface area contributed by atoms with Crippen LogP contribution in [0.15, 0.2) is 48.5 Å². The molecule has 20 heavy (non-hydrogen) atoms. The van der Waals surface area contributed by atoms with Gasteiger partial charge >= 0.3 is 0 Å². The minimum atomic E-state index is -0.982. The van der Waals surface area contributed by atoms with E-state index in [2.05, 4.69) is 5.32 Å². The number of halogens is 2. The molecule has 2 aromatic rings. The summed E-state index contributed by atoms with van der Waals surface area (Å²) in [7, 11) is 0. The molecule has 106 valence electrons. The number of rotatable bonds is 5. The van der Waals surface area contributed by atoms with E-state index in [4.69, 9.17) is 23.2 Å². The van der Waals surface area contributed by atoms with Crippen LogP contribution >= 0.6 is 23.2 Å². The van der Waals surface area contributed by atoms with Gasteiger partial charge in [0.15, 0.2) is 0 Å². The Balaban J connectivity index is 2.18. The highest BCUT2D eigenvalue weighted by Gasteiger charge is 2.27. The van der Waals surface area contributed by atoms with Gasteiger partial charge in [0.25, 0.3) is 0 Å². The minimum absolute atomic E-state index is 0.408. The Hall–Kier alpha value is -1.22. The number of para-hydroxylation sites is 1. The normalized spacial score (nSPS) is 13.8. The lowest BCUT2D eigenvalue weighted by Gasteiger charge is -2.28. The SMILES string of the molecule is CCC(O)(CNc1ccccc1)c1ccc(Cl)c(Cl)c1. The second-order valence-corrected chi connectivity index (χ2v) is 5.55. The lowest BCUT2D eigenvalue weighted by molar-refractivity contribution is 0.0464. The van der Waals surface area contributed by atoms with Gasteiger partial charge < -0.3 is 10.4 Å². The predicted molar refractivity (Wildman–Crippen MR) is 85.6 cm³/mol. The van der Waals surface area contributed by atoms with E-state index in [1.807, 2.05) is 43.3 Å². The van der Waals surface area contributed by atoms with Crippen molar-refractivity contribution in [2.24, 2.45) is 0 Å². The zero-order valence-corrected chi connectivity index (χ0v) is 12.7. The molecule has 1 unspecified atom stereocenters. The number of benzene rings is 2. The predicted octanol–water partition coefficient (Wildman–Crippen LogP) is 4.70. The third-order valence-electron chi connectivity index (χ3n) is 3.40. The van der Waals surface area contributed by atoms with Crippen molar-refractivity contribution in [2.45, 2.75) is 18.9 Å². The van der Waals surface area contributed by atoms with Gasteiger partial charge in [-0.05, 0) is 36.2 Å². The van der Waals surface area contributed by atoms with Crippen LogP contribution in [-0.2, 0) is 5.60 Å². The molecule has 0 aliphatic heterocycles. The lowest BCUT2D eigenvalue weighted by Crippen LogP contribution is -2.33. The Morgan fingerprint density at radius 1 is 1.05 bits per heavy atom. The Morgan fingerprint density at radius 2 is 1.75 bits per heavy atom. The van der Waals surface area contributed by atoms with Gasteiger partial charge in [0.2, 0.25) is 0 Å². The first-order valence-corrected chi connectivity index (χ1v) is 7.27. The van der Waals surface area contributed by atoms with Crippen LogP contribution in [0, 0.1) is 0 Å². The minimum Gasteiger partial charge on any atom is -0.383 e. The number of nitrogens with one attached hydrogen (secondary N) is 1. The molecule has 0 bridgehead atoms. The molecule has 2 rings (SSSR count). The largest absolute Gasteiger partial charge is 0.383 e. The number of hydrogen-bond donors (Lipinski definition) is 2. The van der Waals surface area contributed by atoms with Crippen molar-refractivity contribution in [3.8, 4) is 0 Å². The van der Waals surface area contributed by atoms with Gasteiger partial charge in [0, 0.05) is 12.2 Å². The Morgan fingerprint density at radius 3 is 2.35 bits per heavy atom. The monoisotopic (exact) mass is 309 g/mol. The molecule has 0 fully saturated rings. The topological polar surface area (TPSA) is 32.3 Å². The van der Waals surface area contributed by atoms with E-state index in [0.717, 1.165) is 11.3 Å². The smallest absolute Gasteiger partial charge is 0.107 e. The highest BCUT2D eigenvalue weighted by molar-refractivity contribution is 6.42. The van der Waals surface area contributed by atoms with Crippen molar-refractivity contribution in [1.82, 2.24) is 0 Å². The average molecular weight is 310 g/mol. The molecule has 0 heterocycles. The molecule has 0 aliphatic rings. The fraction of sp³-hybridized carbons (Fsp3) is 0.250. The fourth-order valence-electron chi connectivity index (χ4n) is 2.02. The summed E-state index contributed by atoms with van der Waals surface area (Å²) in [6.07, 6.45) is 0.574. The van der Waals surface area contributed by atoms with E-state index in [1.165, 1.54) is 0 Å². The summed E-state index contributed by atoms with van der Waals surface area (Å²) >= 11 is 11.9.